The average Bonchev–Trinajstić information content (AvgIpc) is 2.43. The molecule has 2 rings (SSSR count). The number of methoxy groups -OCH3 is 1. The third kappa shape index (κ3) is 3.73. The Labute approximate surface area is 125 Å². The number of rotatable bonds is 6. The highest BCUT2D eigenvalue weighted by Gasteiger charge is 2.21. The van der Waals surface area contributed by atoms with Crippen molar-refractivity contribution < 1.29 is 9.53 Å². The SMILES string of the molecule is COc1ccc2ccccc2c1CNC(C)(C)CC(N)=O. The lowest BCUT2D eigenvalue weighted by Crippen LogP contribution is -2.42. The predicted molar refractivity (Wildman–Crippen MR) is 85.2 cm³/mol. The van der Waals surface area contributed by atoms with Crippen LogP contribution in [0, 0.1) is 0 Å². The lowest BCUT2D eigenvalue weighted by Gasteiger charge is -2.26. The van der Waals surface area contributed by atoms with E-state index in [1.165, 1.54) is 5.39 Å². The van der Waals surface area contributed by atoms with Crippen molar-refractivity contribution in [3.05, 3.63) is 42.0 Å². The van der Waals surface area contributed by atoms with E-state index in [4.69, 9.17) is 10.5 Å². The molecule has 112 valence electrons. The molecular formula is C17H22N2O2. The quantitative estimate of drug-likeness (QED) is 0.858. The molecule has 1 amide bonds. The van der Waals surface area contributed by atoms with Crippen LogP contribution in [-0.4, -0.2) is 18.6 Å². The molecule has 4 nitrogen and oxygen atoms in total. The van der Waals surface area contributed by atoms with Crippen LogP contribution >= 0.6 is 0 Å². The van der Waals surface area contributed by atoms with Crippen LogP contribution in [0.15, 0.2) is 36.4 Å². The molecule has 0 saturated heterocycles. The molecule has 0 spiro atoms. The van der Waals surface area contributed by atoms with E-state index in [9.17, 15) is 4.79 Å². The zero-order valence-corrected chi connectivity index (χ0v) is 12.8. The molecule has 0 aromatic heterocycles. The Hall–Kier alpha value is -2.07. The van der Waals surface area contributed by atoms with E-state index in [-0.39, 0.29) is 11.4 Å². The summed E-state index contributed by atoms with van der Waals surface area (Å²) in [4.78, 5) is 11.1. The molecule has 21 heavy (non-hydrogen) atoms. The number of nitrogens with one attached hydrogen (secondary N) is 1. The van der Waals surface area contributed by atoms with Crippen LogP contribution in [0.4, 0.5) is 0 Å². The first-order chi connectivity index (χ1) is 9.93. The standard InChI is InChI=1S/C17H22N2O2/c1-17(2,10-16(18)20)19-11-14-13-7-5-4-6-12(13)8-9-15(14)21-3/h4-9,19H,10-11H2,1-3H3,(H2,18,20). The fraction of sp³-hybridized carbons (Fsp3) is 0.353. The van der Waals surface area contributed by atoms with Crippen LogP contribution in [0.3, 0.4) is 0 Å². The van der Waals surface area contributed by atoms with Crippen LogP contribution < -0.4 is 15.8 Å². The highest BCUT2D eigenvalue weighted by molar-refractivity contribution is 5.87. The Balaban J connectivity index is 2.30. The van der Waals surface area contributed by atoms with Gasteiger partial charge < -0.3 is 15.8 Å². The molecule has 0 aliphatic heterocycles. The molecule has 0 radical (unpaired) electrons. The number of primary amides is 1. The molecule has 0 atom stereocenters. The second-order valence-corrected chi connectivity index (χ2v) is 5.85. The van der Waals surface area contributed by atoms with Crippen LogP contribution in [0.1, 0.15) is 25.8 Å². The maximum atomic E-state index is 11.1. The molecule has 2 aromatic rings. The summed E-state index contributed by atoms with van der Waals surface area (Å²) < 4.78 is 5.47. The molecule has 0 aliphatic carbocycles. The van der Waals surface area contributed by atoms with Crippen molar-refractivity contribution >= 4 is 16.7 Å². The minimum Gasteiger partial charge on any atom is -0.496 e. The fourth-order valence-electron chi connectivity index (χ4n) is 2.52. The second kappa shape index (κ2) is 6.14. The van der Waals surface area contributed by atoms with Crippen LogP contribution in [0.25, 0.3) is 10.8 Å². The summed E-state index contributed by atoms with van der Waals surface area (Å²) in [6.45, 7) is 4.55. The smallest absolute Gasteiger partial charge is 0.219 e. The minimum absolute atomic E-state index is 0.292. The molecule has 4 heteroatoms. The van der Waals surface area contributed by atoms with Crippen molar-refractivity contribution in [2.24, 2.45) is 5.73 Å². The van der Waals surface area contributed by atoms with Crippen molar-refractivity contribution in [2.45, 2.75) is 32.4 Å². The number of carbonyl (C=O) groups is 1. The van der Waals surface area contributed by atoms with Gasteiger partial charge in [-0.15, -0.1) is 0 Å². The van der Waals surface area contributed by atoms with Gasteiger partial charge in [0.25, 0.3) is 0 Å². The normalized spacial score (nSPS) is 11.6. The van der Waals surface area contributed by atoms with Crippen LogP contribution in [0.5, 0.6) is 5.75 Å². The Morgan fingerprint density at radius 3 is 2.62 bits per heavy atom. The molecule has 0 unspecified atom stereocenters. The summed E-state index contributed by atoms with van der Waals surface area (Å²) >= 11 is 0. The third-order valence-electron chi connectivity index (χ3n) is 3.58. The summed E-state index contributed by atoms with van der Waals surface area (Å²) in [6, 6.07) is 12.2. The lowest BCUT2D eigenvalue weighted by molar-refractivity contribution is -0.119. The number of fused-ring (bicyclic) bond motifs is 1. The molecule has 0 heterocycles. The van der Waals surface area contributed by atoms with Crippen LogP contribution in [0.2, 0.25) is 0 Å². The zero-order valence-electron chi connectivity index (χ0n) is 12.8. The van der Waals surface area contributed by atoms with Gasteiger partial charge in [0, 0.05) is 24.1 Å². The van der Waals surface area contributed by atoms with E-state index in [1.54, 1.807) is 7.11 Å². The van der Waals surface area contributed by atoms with Gasteiger partial charge in [-0.05, 0) is 30.7 Å². The van der Waals surface area contributed by atoms with E-state index in [0.717, 1.165) is 16.7 Å². The largest absolute Gasteiger partial charge is 0.496 e. The fourth-order valence-corrected chi connectivity index (χ4v) is 2.52. The first kappa shape index (κ1) is 15.3. The zero-order chi connectivity index (χ0) is 15.5. The molecule has 0 bridgehead atoms. The van der Waals surface area contributed by atoms with Gasteiger partial charge in [0.2, 0.25) is 5.91 Å². The van der Waals surface area contributed by atoms with Gasteiger partial charge >= 0.3 is 0 Å². The van der Waals surface area contributed by atoms with Crippen LogP contribution in [-0.2, 0) is 11.3 Å². The summed E-state index contributed by atoms with van der Waals surface area (Å²) in [5.41, 5.74) is 6.03. The van der Waals surface area contributed by atoms with Gasteiger partial charge in [-0.3, -0.25) is 4.79 Å². The molecule has 2 aromatic carbocycles. The molecule has 3 N–H and O–H groups in total. The maximum Gasteiger partial charge on any atom is 0.219 e. The first-order valence-corrected chi connectivity index (χ1v) is 7.01. The number of nitrogens with two attached hydrogens (primary N) is 1. The Morgan fingerprint density at radius 2 is 1.95 bits per heavy atom. The summed E-state index contributed by atoms with van der Waals surface area (Å²) in [7, 11) is 1.67. The summed E-state index contributed by atoms with van der Waals surface area (Å²) in [5.74, 6) is 0.536. The maximum absolute atomic E-state index is 11.1. The van der Waals surface area contributed by atoms with Crippen molar-refractivity contribution in [1.82, 2.24) is 5.32 Å². The monoisotopic (exact) mass is 286 g/mol. The van der Waals surface area contributed by atoms with Gasteiger partial charge in [-0.2, -0.15) is 0 Å². The number of carbonyl (C=O) groups excluding carboxylic acids is 1. The minimum atomic E-state index is -0.353. The van der Waals surface area contributed by atoms with Crippen molar-refractivity contribution in [3.63, 3.8) is 0 Å². The number of amides is 1. The number of hydrogen-bond donors (Lipinski definition) is 2. The number of ether oxygens (including phenoxy) is 1. The first-order valence-electron chi connectivity index (χ1n) is 7.01. The second-order valence-electron chi connectivity index (χ2n) is 5.85. The topological polar surface area (TPSA) is 64.3 Å². The van der Waals surface area contributed by atoms with E-state index in [0.29, 0.717) is 13.0 Å². The predicted octanol–water partition coefficient (Wildman–Crippen LogP) is 2.59. The van der Waals surface area contributed by atoms with E-state index in [2.05, 4.69) is 17.4 Å². The molecular weight excluding hydrogens is 264 g/mol. The van der Waals surface area contributed by atoms with E-state index in [1.807, 2.05) is 38.1 Å². The highest BCUT2D eigenvalue weighted by atomic mass is 16.5. The summed E-state index contributed by atoms with van der Waals surface area (Å²) in [5, 5.41) is 5.71. The lowest BCUT2D eigenvalue weighted by atomic mass is 9.98. The van der Waals surface area contributed by atoms with E-state index < -0.39 is 0 Å². The van der Waals surface area contributed by atoms with Crippen molar-refractivity contribution in [3.8, 4) is 5.75 Å². The third-order valence-corrected chi connectivity index (χ3v) is 3.58. The Bertz CT molecular complexity index is 650. The van der Waals surface area contributed by atoms with Gasteiger partial charge in [0.15, 0.2) is 0 Å². The van der Waals surface area contributed by atoms with Gasteiger partial charge in [0.05, 0.1) is 7.11 Å². The van der Waals surface area contributed by atoms with Crippen molar-refractivity contribution in [1.29, 1.82) is 0 Å². The highest BCUT2D eigenvalue weighted by Crippen LogP contribution is 2.28. The molecule has 0 aliphatic rings. The number of hydrogen-bond acceptors (Lipinski definition) is 3. The summed E-state index contributed by atoms with van der Waals surface area (Å²) in [6.07, 6.45) is 0.292. The van der Waals surface area contributed by atoms with Crippen molar-refractivity contribution in [2.75, 3.05) is 7.11 Å². The number of benzene rings is 2. The van der Waals surface area contributed by atoms with Gasteiger partial charge in [0.1, 0.15) is 5.75 Å². The van der Waals surface area contributed by atoms with Gasteiger partial charge in [-0.1, -0.05) is 30.3 Å². The van der Waals surface area contributed by atoms with E-state index >= 15 is 0 Å². The van der Waals surface area contributed by atoms with Gasteiger partial charge in [-0.25, -0.2) is 0 Å². The molecule has 0 saturated carbocycles. The molecule has 0 fully saturated rings. The average molecular weight is 286 g/mol. The Kier molecular flexibility index (Phi) is 4.48. The Morgan fingerprint density at radius 1 is 1.24 bits per heavy atom.